The zero-order valence-corrected chi connectivity index (χ0v) is 11.4. The van der Waals surface area contributed by atoms with Gasteiger partial charge in [-0.05, 0) is 27.7 Å². The van der Waals surface area contributed by atoms with E-state index in [-0.39, 0.29) is 17.9 Å². The zero-order chi connectivity index (χ0) is 13.7. The van der Waals surface area contributed by atoms with Crippen molar-refractivity contribution in [3.05, 3.63) is 12.2 Å². The first-order valence-electron chi connectivity index (χ1n) is 6.04. The summed E-state index contributed by atoms with van der Waals surface area (Å²) >= 11 is 0. The van der Waals surface area contributed by atoms with Gasteiger partial charge in [-0.25, -0.2) is 9.67 Å². The van der Waals surface area contributed by atoms with Crippen molar-refractivity contribution in [2.24, 2.45) is 10.9 Å². The Morgan fingerprint density at radius 1 is 1.50 bits per heavy atom. The maximum Gasteiger partial charge on any atom is 0.153 e. The molecule has 18 heavy (non-hydrogen) atoms. The lowest BCUT2D eigenvalue weighted by atomic mass is 10.3. The van der Waals surface area contributed by atoms with Gasteiger partial charge in [-0.3, -0.25) is 4.90 Å². The van der Waals surface area contributed by atoms with Crippen molar-refractivity contribution >= 4 is 5.84 Å². The lowest BCUT2D eigenvalue weighted by Crippen LogP contribution is -2.39. The summed E-state index contributed by atoms with van der Waals surface area (Å²) < 4.78 is 1.88. The third kappa shape index (κ3) is 3.69. The predicted octanol–water partition coefficient (Wildman–Crippen LogP) is 0.816. The van der Waals surface area contributed by atoms with Gasteiger partial charge in [0.05, 0.1) is 13.1 Å². The van der Waals surface area contributed by atoms with Crippen LogP contribution >= 0.6 is 0 Å². The van der Waals surface area contributed by atoms with Gasteiger partial charge in [-0.2, -0.15) is 5.10 Å². The summed E-state index contributed by atoms with van der Waals surface area (Å²) in [6.45, 7) is 9.25. The summed E-state index contributed by atoms with van der Waals surface area (Å²) in [5.74, 6) is 1.07. The molecule has 1 heterocycles. The Bertz CT molecular complexity index is 398. The summed E-state index contributed by atoms with van der Waals surface area (Å²) in [7, 11) is 0. The van der Waals surface area contributed by atoms with Crippen molar-refractivity contribution in [3.8, 4) is 0 Å². The van der Waals surface area contributed by atoms with Crippen molar-refractivity contribution in [2.45, 2.75) is 46.3 Å². The molecule has 0 fully saturated rings. The lowest BCUT2D eigenvalue weighted by molar-refractivity contribution is 0.227. The predicted molar refractivity (Wildman–Crippen MR) is 69.4 cm³/mol. The minimum Gasteiger partial charge on any atom is -0.409 e. The Labute approximate surface area is 107 Å². The molecule has 3 N–H and O–H groups in total. The molecule has 0 bridgehead atoms. The van der Waals surface area contributed by atoms with Crippen molar-refractivity contribution in [3.63, 3.8) is 0 Å². The highest BCUT2D eigenvalue weighted by molar-refractivity contribution is 5.81. The fourth-order valence-electron chi connectivity index (χ4n) is 1.66. The fraction of sp³-hybridized carbons (Fsp3) is 0.727. The topological polar surface area (TPSA) is 92.6 Å². The Balaban J connectivity index is 2.80. The van der Waals surface area contributed by atoms with Crippen LogP contribution in [0.4, 0.5) is 0 Å². The second kappa shape index (κ2) is 6.34. The van der Waals surface area contributed by atoms with Gasteiger partial charge in [0.2, 0.25) is 0 Å². The van der Waals surface area contributed by atoms with E-state index in [1.165, 1.54) is 0 Å². The van der Waals surface area contributed by atoms with E-state index in [9.17, 15) is 0 Å². The monoisotopic (exact) mass is 254 g/mol. The van der Waals surface area contributed by atoms with Crippen molar-refractivity contribution in [1.82, 2.24) is 19.7 Å². The van der Waals surface area contributed by atoms with Crippen LogP contribution in [-0.4, -0.2) is 43.3 Å². The van der Waals surface area contributed by atoms with Crippen LogP contribution in [0.2, 0.25) is 0 Å². The molecule has 0 amide bonds. The number of rotatable bonds is 6. The molecule has 1 rings (SSSR count). The van der Waals surface area contributed by atoms with Crippen LogP contribution in [0.1, 0.15) is 39.6 Å². The molecule has 0 radical (unpaired) electrons. The van der Waals surface area contributed by atoms with Gasteiger partial charge < -0.3 is 10.9 Å². The lowest BCUT2D eigenvalue weighted by Gasteiger charge is -2.25. The van der Waals surface area contributed by atoms with Gasteiger partial charge in [-0.15, -0.1) is 0 Å². The van der Waals surface area contributed by atoms with Crippen molar-refractivity contribution in [1.29, 1.82) is 0 Å². The molecule has 0 atom stereocenters. The molecular formula is C11H22N6O. The number of hydrogen-bond donors (Lipinski definition) is 2. The van der Waals surface area contributed by atoms with Crippen molar-refractivity contribution in [2.75, 3.05) is 6.54 Å². The van der Waals surface area contributed by atoms with E-state index >= 15 is 0 Å². The first-order chi connectivity index (χ1) is 8.45. The molecule has 102 valence electrons. The molecule has 1 aromatic heterocycles. The van der Waals surface area contributed by atoms with E-state index in [4.69, 9.17) is 10.9 Å². The van der Waals surface area contributed by atoms with Crippen LogP contribution < -0.4 is 5.73 Å². The minimum atomic E-state index is 0.194. The Kier molecular flexibility index (Phi) is 5.08. The molecule has 0 saturated heterocycles. The average Bonchev–Trinajstić information content (AvgIpc) is 2.76. The Hall–Kier alpha value is -1.63. The molecule has 0 aliphatic heterocycles. The highest BCUT2D eigenvalue weighted by atomic mass is 16.4. The van der Waals surface area contributed by atoms with Gasteiger partial charge in [0, 0.05) is 12.1 Å². The molecule has 0 saturated carbocycles. The van der Waals surface area contributed by atoms with Crippen LogP contribution in [-0.2, 0) is 6.54 Å². The molecule has 0 aliphatic carbocycles. The second-order valence-electron chi connectivity index (χ2n) is 4.80. The van der Waals surface area contributed by atoms with E-state index < -0.39 is 0 Å². The van der Waals surface area contributed by atoms with E-state index in [1.54, 1.807) is 6.33 Å². The first kappa shape index (κ1) is 14.4. The normalized spacial score (nSPS) is 12.9. The second-order valence-corrected chi connectivity index (χ2v) is 4.80. The van der Waals surface area contributed by atoms with Gasteiger partial charge in [0.25, 0.3) is 0 Å². The van der Waals surface area contributed by atoms with E-state index in [0.717, 1.165) is 5.82 Å². The molecule has 0 spiro atoms. The largest absolute Gasteiger partial charge is 0.409 e. The highest BCUT2D eigenvalue weighted by Gasteiger charge is 2.16. The highest BCUT2D eigenvalue weighted by Crippen LogP contribution is 2.10. The van der Waals surface area contributed by atoms with Crippen LogP contribution in [0.5, 0.6) is 0 Å². The van der Waals surface area contributed by atoms with Crippen LogP contribution in [0, 0.1) is 0 Å². The fourth-order valence-corrected chi connectivity index (χ4v) is 1.66. The summed E-state index contributed by atoms with van der Waals surface area (Å²) in [5.41, 5.74) is 5.55. The minimum absolute atomic E-state index is 0.194. The molecule has 0 aromatic carbocycles. The van der Waals surface area contributed by atoms with Gasteiger partial charge >= 0.3 is 0 Å². The number of aromatic nitrogens is 3. The number of amidine groups is 1. The first-order valence-corrected chi connectivity index (χ1v) is 6.04. The summed E-state index contributed by atoms with van der Waals surface area (Å²) in [6.07, 6.45) is 1.55. The smallest absolute Gasteiger partial charge is 0.153 e. The maximum absolute atomic E-state index is 8.64. The van der Waals surface area contributed by atoms with Gasteiger partial charge in [0.1, 0.15) is 12.2 Å². The number of hydrogen-bond acceptors (Lipinski definition) is 5. The Morgan fingerprint density at radius 3 is 2.67 bits per heavy atom. The standard InChI is InChI=1S/C11H22N6O/c1-8(2)16(5-10(12)15-18)6-11-13-7-14-17(11)9(3)4/h7-9,18H,5-6H2,1-4H3,(H2,12,15). The molecule has 7 nitrogen and oxygen atoms in total. The summed E-state index contributed by atoms with van der Waals surface area (Å²) in [6, 6.07) is 0.531. The average molecular weight is 254 g/mol. The molecule has 0 aliphatic rings. The van der Waals surface area contributed by atoms with Crippen LogP contribution in [0.15, 0.2) is 11.5 Å². The van der Waals surface area contributed by atoms with E-state index in [1.807, 2.05) is 4.68 Å². The Morgan fingerprint density at radius 2 is 2.17 bits per heavy atom. The number of nitrogens with two attached hydrogens (primary N) is 1. The summed E-state index contributed by atoms with van der Waals surface area (Å²) in [5, 5.41) is 15.8. The molecule has 0 unspecified atom stereocenters. The summed E-state index contributed by atoms with van der Waals surface area (Å²) in [4.78, 5) is 6.33. The van der Waals surface area contributed by atoms with E-state index in [2.05, 4.69) is 47.8 Å². The quantitative estimate of drug-likeness (QED) is 0.339. The van der Waals surface area contributed by atoms with Crippen LogP contribution in [0.25, 0.3) is 0 Å². The van der Waals surface area contributed by atoms with Gasteiger partial charge in [0.15, 0.2) is 5.84 Å². The number of oxime groups is 1. The molecule has 1 aromatic rings. The third-order valence-electron chi connectivity index (χ3n) is 2.70. The third-order valence-corrected chi connectivity index (χ3v) is 2.70. The number of nitrogens with zero attached hydrogens (tertiary/aromatic N) is 5. The van der Waals surface area contributed by atoms with Crippen molar-refractivity contribution < 1.29 is 5.21 Å². The van der Waals surface area contributed by atoms with Crippen LogP contribution in [0.3, 0.4) is 0 Å². The SMILES string of the molecule is CC(C)N(CC(N)=NO)Cc1ncnn1C(C)C. The zero-order valence-electron chi connectivity index (χ0n) is 11.4. The molecular weight excluding hydrogens is 232 g/mol. The van der Waals surface area contributed by atoms with Gasteiger partial charge in [-0.1, -0.05) is 5.16 Å². The van der Waals surface area contributed by atoms with E-state index in [0.29, 0.717) is 13.1 Å². The molecule has 7 heteroatoms. The maximum atomic E-state index is 8.64.